The summed E-state index contributed by atoms with van der Waals surface area (Å²) in [4.78, 5) is 79.3. The number of ketones is 4. The van der Waals surface area contributed by atoms with E-state index in [4.69, 9.17) is 0 Å². The van der Waals surface area contributed by atoms with Gasteiger partial charge in [0.2, 0.25) is 5.91 Å². The molecule has 15 nitrogen and oxygen atoms in total. The largest absolute Gasteiger partial charge is 0.390 e. The molecule has 0 aromatic carbocycles. The number of Topliss-reactive ketones (excluding diaryl/α,β-unsaturated/α-hetero) is 4. The van der Waals surface area contributed by atoms with Crippen molar-refractivity contribution in [2.75, 3.05) is 111 Å². The molecule has 33 atom stereocenters. The highest BCUT2D eigenvalue weighted by molar-refractivity contribution is 5.86. The molecule has 4 aliphatic heterocycles. The van der Waals surface area contributed by atoms with Crippen LogP contribution in [0.5, 0.6) is 0 Å². The van der Waals surface area contributed by atoms with Crippen LogP contribution in [0.4, 0.5) is 0 Å². The van der Waals surface area contributed by atoms with Crippen molar-refractivity contribution in [1.29, 1.82) is 0 Å². The van der Waals surface area contributed by atoms with Gasteiger partial charge in [-0.2, -0.15) is 0 Å². The zero-order valence-corrected chi connectivity index (χ0v) is 79.6. The van der Waals surface area contributed by atoms with Crippen LogP contribution >= 0.6 is 0 Å². The number of likely N-dealkylation sites (tertiary alicyclic amines) is 2. The second kappa shape index (κ2) is 36.4. The molecule has 4 heterocycles. The molecule has 20 rings (SSSR count). The average molecular weight is 1690 g/mol. The Morgan fingerprint density at radius 1 is 0.287 bits per heavy atom. The van der Waals surface area contributed by atoms with E-state index in [1.54, 1.807) is 6.92 Å². The molecular formula is C107H178N6O9. The molecule has 0 spiro atoms. The molecule has 690 valence electrons. The molecule has 1 amide bonds. The Bertz CT molecular complexity index is 3630. The predicted octanol–water partition coefficient (Wildman–Crippen LogP) is 18.2. The molecule has 16 aliphatic carbocycles. The van der Waals surface area contributed by atoms with E-state index in [-0.39, 0.29) is 33.5 Å². The second-order valence-corrected chi connectivity index (χ2v) is 50.4. The molecule has 0 aromatic rings. The molecule has 16 saturated carbocycles. The van der Waals surface area contributed by atoms with Crippen molar-refractivity contribution in [3.8, 4) is 0 Å². The lowest BCUT2D eigenvalue weighted by Crippen LogP contribution is -2.52. The average Bonchev–Trinajstić information content (AvgIpc) is 1.52. The number of carbonyl (C=O) groups is 5. The zero-order valence-electron chi connectivity index (χ0n) is 79.6. The Hall–Kier alpha value is -2.21. The molecule has 122 heavy (non-hydrogen) atoms. The van der Waals surface area contributed by atoms with Crippen LogP contribution in [-0.2, 0) is 24.0 Å². The summed E-state index contributed by atoms with van der Waals surface area (Å²) in [5.41, 5.74) is -0.761. The van der Waals surface area contributed by atoms with Crippen molar-refractivity contribution < 1.29 is 44.4 Å². The molecule has 20 fully saturated rings. The highest BCUT2D eigenvalue weighted by atomic mass is 16.3. The van der Waals surface area contributed by atoms with Gasteiger partial charge in [-0.05, 0) is 443 Å². The summed E-state index contributed by atoms with van der Waals surface area (Å²) in [6.45, 7) is 42.6. The van der Waals surface area contributed by atoms with E-state index >= 15 is 0 Å². The lowest BCUT2D eigenvalue weighted by molar-refractivity contribution is -0.135. The van der Waals surface area contributed by atoms with Crippen molar-refractivity contribution in [2.45, 2.75) is 356 Å². The van der Waals surface area contributed by atoms with Crippen LogP contribution in [-0.4, -0.2) is 213 Å². The van der Waals surface area contributed by atoms with E-state index < -0.39 is 22.4 Å². The third-order valence-corrected chi connectivity index (χ3v) is 42.7. The van der Waals surface area contributed by atoms with Gasteiger partial charge in [0.05, 0.1) is 48.6 Å². The van der Waals surface area contributed by atoms with Crippen molar-refractivity contribution >= 4 is 29.0 Å². The molecular weight excluding hydrogens is 1510 g/mol. The van der Waals surface area contributed by atoms with E-state index in [0.29, 0.717) is 73.0 Å². The van der Waals surface area contributed by atoms with Crippen molar-refractivity contribution in [1.82, 2.24) is 29.4 Å². The topological polar surface area (TPSA) is 186 Å². The van der Waals surface area contributed by atoms with E-state index in [0.717, 1.165) is 280 Å². The van der Waals surface area contributed by atoms with Crippen LogP contribution in [0.1, 0.15) is 333 Å². The molecule has 0 bridgehead atoms. The third-order valence-electron chi connectivity index (χ3n) is 42.7. The van der Waals surface area contributed by atoms with Crippen molar-refractivity contribution in [3.63, 3.8) is 0 Å². The molecule has 0 aromatic heterocycles. The smallest absolute Gasteiger partial charge is 0.219 e. The van der Waals surface area contributed by atoms with Crippen LogP contribution in [0.25, 0.3) is 0 Å². The number of piperidine rings is 1. The van der Waals surface area contributed by atoms with E-state index in [1.165, 1.54) is 180 Å². The number of fused-ring (bicyclic) bond motifs is 20. The number of nitrogens with zero attached hydrogens (tertiary/aromatic N) is 6. The number of amides is 1. The lowest BCUT2D eigenvalue weighted by Gasteiger charge is -2.57. The number of carbonyl (C=O) groups excluding carboxylic acids is 5. The van der Waals surface area contributed by atoms with Crippen LogP contribution in [0.2, 0.25) is 0 Å². The number of rotatable bonds is 14. The van der Waals surface area contributed by atoms with E-state index in [2.05, 4.69) is 93.7 Å². The second-order valence-electron chi connectivity index (χ2n) is 50.4. The van der Waals surface area contributed by atoms with Crippen molar-refractivity contribution in [3.05, 3.63) is 0 Å². The minimum atomic E-state index is -0.446. The maximum atomic E-state index is 13.6. The van der Waals surface area contributed by atoms with Gasteiger partial charge in [-0.25, -0.2) is 0 Å². The summed E-state index contributed by atoms with van der Waals surface area (Å²) in [5.74, 6) is 21.1. The SMILES string of the molecule is CC(=O)N1CCN(CC(=O)[C@H]2CC[C@H]3[C@@H]4CC[C@H]5C[C@](C)(O)CC[C@@H]5[C@H]4CC[C@]23C)CC1.CC1CCCN(CC(=O)[C@H]2CC[C@H]3[C@@H]4CC[C@H]5C[C@](C)(O)CC[C@@H]5[C@H]4CC[C@]23C)C1.CC1CN(CC(=O)[C@H]2CC[C@H]3[C@@H]4CC[C@H]5C[C@](C)(O)CC[C@@H]5[C@H]4CC[C@]23C)C1.CCCN1CCN(CC(=O)[C@H]2CC[C@H]3[C@@H]4CC[C@@H]5C[C@](C)(O)CC[C@@H]5[C@H]4CC[C@]23C)CC1. The van der Waals surface area contributed by atoms with E-state index in [1.807, 2.05) is 11.8 Å². The highest BCUT2D eigenvalue weighted by Crippen LogP contribution is 2.70. The standard InChI is InChI=1S/C28H48N2O2.C27H44N2O3.C27H45NO2.C25H41NO2/c1-4-13-29-14-16-30(17-15-29)19-26(31)25-8-7-24-23-6-5-20-18-27(2,32)11-9-21(20)22(23)10-12-28(24,25)3;1-18(30)29-14-12-28(13-15-29)17-25(31)24-7-6-23-22-5-4-19-16-26(2,32)10-8-20(19)21(22)9-11-27(23,24)3;1-18-5-4-14-28(16-18)17-25(29)24-9-8-23-22-7-6-19-15-26(2,30)12-10-20(19)21(22)11-13-27(23,24)3;1-16-13-26(14-16)15-23(27)22-7-6-21-20-5-4-17-12-24(2,28)10-8-18(17)19(20)9-11-25(21,22)3/h20-25,32H,4-19H2,1-3H3;19-24,32H,4-17H2,1-3H3;18-24,30H,4-17H2,1-3H3;16-22,28H,4-15H2,1-3H3/t20-,21+,22-,23-,24+,25-,27-,28+;19-,20-,21+,22+,23-,24+,26+,27-;18?,19-,20-,21+,22+,23-,24+,26+,27-;17-,18-,19+,20+,21-,22+,24+,25-/m1000/s1. The maximum absolute atomic E-state index is 13.6. The summed E-state index contributed by atoms with van der Waals surface area (Å²) < 4.78 is 0. The van der Waals surface area contributed by atoms with Gasteiger partial charge in [0.25, 0.3) is 0 Å². The molecule has 4 saturated heterocycles. The molecule has 15 heteroatoms. The summed E-state index contributed by atoms with van der Waals surface area (Å²) in [5, 5.41) is 42.4. The Kier molecular flexibility index (Phi) is 27.4. The van der Waals surface area contributed by atoms with Crippen LogP contribution in [0.15, 0.2) is 0 Å². The first-order valence-electron chi connectivity index (χ1n) is 52.9. The zero-order chi connectivity index (χ0) is 86.0. The minimum absolute atomic E-state index is 0.148. The third kappa shape index (κ3) is 18.5. The van der Waals surface area contributed by atoms with E-state index in [9.17, 15) is 44.4 Å². The quantitative estimate of drug-likeness (QED) is 0.129. The van der Waals surface area contributed by atoms with Gasteiger partial charge in [-0.1, -0.05) is 48.5 Å². The Labute approximate surface area is 741 Å². The fourth-order valence-electron chi connectivity index (χ4n) is 36.9. The predicted molar refractivity (Wildman–Crippen MR) is 487 cm³/mol. The van der Waals surface area contributed by atoms with Gasteiger partial charge < -0.3 is 30.2 Å². The molecule has 0 radical (unpaired) electrons. The first-order valence-corrected chi connectivity index (χ1v) is 52.9. The van der Waals surface area contributed by atoms with Crippen LogP contribution in [0.3, 0.4) is 0 Å². The Balaban J connectivity index is 0.000000116. The summed E-state index contributed by atoms with van der Waals surface area (Å²) in [7, 11) is 0. The number of piperazine rings is 2. The summed E-state index contributed by atoms with van der Waals surface area (Å²) in [6.07, 6.45) is 47.3. The number of hydrogen-bond donors (Lipinski definition) is 4. The molecule has 20 aliphatic rings. The molecule has 4 N–H and O–H groups in total. The fourth-order valence-corrected chi connectivity index (χ4v) is 36.9. The first-order chi connectivity index (χ1) is 58.0. The maximum Gasteiger partial charge on any atom is 0.219 e. The Morgan fingerprint density at radius 2 is 0.566 bits per heavy atom. The van der Waals surface area contributed by atoms with Gasteiger partial charge in [-0.15, -0.1) is 0 Å². The van der Waals surface area contributed by atoms with Gasteiger partial charge in [-0.3, -0.25) is 43.6 Å². The number of aliphatic hydroxyl groups is 4. The minimum Gasteiger partial charge on any atom is -0.390 e. The Morgan fingerprint density at radius 3 is 0.861 bits per heavy atom. The lowest BCUT2D eigenvalue weighted by atomic mass is 9.49. The van der Waals surface area contributed by atoms with Crippen LogP contribution in [0, 0.1) is 176 Å². The fraction of sp³-hybridized carbons (Fsp3) is 0.953. The number of hydrogen-bond acceptors (Lipinski definition) is 14. The monoisotopic (exact) mass is 1690 g/mol. The highest BCUT2D eigenvalue weighted by Gasteiger charge is 2.65. The molecule has 1 unspecified atom stereocenters. The first kappa shape index (κ1) is 91.7. The van der Waals surface area contributed by atoms with Crippen molar-refractivity contribution in [2.24, 2.45) is 176 Å². The van der Waals surface area contributed by atoms with Gasteiger partial charge >= 0.3 is 0 Å². The van der Waals surface area contributed by atoms with Gasteiger partial charge in [0, 0.05) is 103 Å². The summed E-state index contributed by atoms with van der Waals surface area (Å²) in [6, 6.07) is 0. The van der Waals surface area contributed by atoms with Gasteiger partial charge in [0.15, 0.2) is 0 Å². The van der Waals surface area contributed by atoms with Gasteiger partial charge in [0.1, 0.15) is 23.1 Å². The van der Waals surface area contributed by atoms with Crippen LogP contribution < -0.4 is 0 Å². The normalized spacial score (nSPS) is 49.3. The summed E-state index contributed by atoms with van der Waals surface area (Å²) >= 11 is 0.